The Morgan fingerprint density at radius 2 is 1.48 bits per heavy atom. The van der Waals surface area contributed by atoms with Gasteiger partial charge in [-0.15, -0.1) is 0 Å². The number of rotatable bonds is 6. The summed E-state index contributed by atoms with van der Waals surface area (Å²) in [6.45, 7) is 1.95. The van der Waals surface area contributed by atoms with E-state index in [1.165, 1.54) is 11.1 Å². The third-order valence-corrected chi connectivity index (χ3v) is 5.28. The molecule has 0 saturated carbocycles. The van der Waals surface area contributed by atoms with Gasteiger partial charge in [-0.2, -0.15) is 0 Å². The molecule has 1 aliphatic rings. The van der Waals surface area contributed by atoms with Crippen LogP contribution >= 0.6 is 12.2 Å². The molecule has 1 heterocycles. The number of aliphatic imine (C=N–C) groups is 1. The first-order valence-corrected chi connectivity index (χ1v) is 10.6. The first-order valence-electron chi connectivity index (χ1n) is 10.2. The second-order valence-corrected chi connectivity index (χ2v) is 7.72. The lowest BCUT2D eigenvalue weighted by atomic mass is 10.1. The van der Waals surface area contributed by atoms with Crippen molar-refractivity contribution < 1.29 is 19.1 Å². The number of amides is 2. The zero-order valence-electron chi connectivity index (χ0n) is 18.0. The third kappa shape index (κ3) is 5.07. The molecule has 1 aliphatic heterocycles. The summed E-state index contributed by atoms with van der Waals surface area (Å²) < 4.78 is 10.9. The van der Waals surface area contributed by atoms with E-state index in [0.717, 1.165) is 11.3 Å². The Morgan fingerprint density at radius 1 is 0.909 bits per heavy atom. The molecule has 0 aromatic heterocycles. The highest BCUT2D eigenvalue weighted by molar-refractivity contribution is 7.80. The Labute approximate surface area is 196 Å². The number of nitrogens with zero attached hydrogens (tertiary/aromatic N) is 2. The minimum Gasteiger partial charge on any atom is -0.497 e. The van der Waals surface area contributed by atoms with Crippen molar-refractivity contribution in [1.82, 2.24) is 5.32 Å². The molecule has 33 heavy (non-hydrogen) atoms. The van der Waals surface area contributed by atoms with Gasteiger partial charge < -0.3 is 14.8 Å². The molecule has 1 atom stereocenters. The van der Waals surface area contributed by atoms with Crippen LogP contribution < -0.4 is 19.7 Å². The molecule has 0 unspecified atom stereocenters. The number of thiocarbonyl (C=S) groups is 1. The van der Waals surface area contributed by atoms with Gasteiger partial charge in [0.2, 0.25) is 5.91 Å². The minimum absolute atomic E-state index is 0.0542. The summed E-state index contributed by atoms with van der Waals surface area (Å²) in [6, 6.07) is 21.6. The first kappa shape index (κ1) is 22.2. The molecule has 1 saturated heterocycles. The summed E-state index contributed by atoms with van der Waals surface area (Å²) in [5.74, 6) is 0.000776. The van der Waals surface area contributed by atoms with Crippen molar-refractivity contribution in [2.45, 2.75) is 6.92 Å². The molecule has 1 fully saturated rings. The van der Waals surface area contributed by atoms with Gasteiger partial charge in [0.25, 0.3) is 5.91 Å². The summed E-state index contributed by atoms with van der Waals surface area (Å²) in [4.78, 5) is 31.1. The molecular formula is C25H21N3O4S. The number of ether oxygens (including phenoxy) is 2. The van der Waals surface area contributed by atoms with Crippen LogP contribution in [0.15, 0.2) is 77.8 Å². The van der Waals surface area contributed by atoms with Gasteiger partial charge in [0.15, 0.2) is 11.0 Å². The van der Waals surface area contributed by atoms with Crippen LogP contribution in [-0.2, 0) is 9.59 Å². The van der Waals surface area contributed by atoms with E-state index in [0.29, 0.717) is 22.9 Å². The fourth-order valence-corrected chi connectivity index (χ4v) is 3.50. The molecule has 7 nitrogen and oxygen atoms in total. The fraction of sp³-hybridized carbons (Fsp3) is 0.120. The summed E-state index contributed by atoms with van der Waals surface area (Å²) in [5.41, 5.74) is 2.22. The lowest BCUT2D eigenvalue weighted by Crippen LogP contribution is -2.58. The minimum atomic E-state index is -1.09. The molecule has 3 aromatic carbocycles. The van der Waals surface area contributed by atoms with E-state index < -0.39 is 17.7 Å². The summed E-state index contributed by atoms with van der Waals surface area (Å²) in [5, 5.41) is 2.64. The number of aryl methyl sites for hydroxylation is 1. The molecule has 166 valence electrons. The van der Waals surface area contributed by atoms with Crippen molar-refractivity contribution >= 4 is 46.7 Å². The van der Waals surface area contributed by atoms with Gasteiger partial charge in [-0.25, -0.2) is 0 Å². The Morgan fingerprint density at radius 3 is 2.09 bits per heavy atom. The molecule has 4 rings (SSSR count). The summed E-state index contributed by atoms with van der Waals surface area (Å²) >= 11 is 5.22. The maximum absolute atomic E-state index is 13.0. The maximum atomic E-state index is 13.0. The lowest BCUT2D eigenvalue weighted by Gasteiger charge is -2.30. The fourth-order valence-electron chi connectivity index (χ4n) is 3.20. The van der Waals surface area contributed by atoms with Crippen LogP contribution in [0.5, 0.6) is 17.2 Å². The quantitative estimate of drug-likeness (QED) is 0.332. The molecule has 3 aromatic rings. The van der Waals surface area contributed by atoms with Gasteiger partial charge in [0.05, 0.1) is 18.5 Å². The van der Waals surface area contributed by atoms with E-state index in [-0.39, 0.29) is 5.11 Å². The normalized spacial score (nSPS) is 16.1. The van der Waals surface area contributed by atoms with E-state index in [2.05, 4.69) is 10.3 Å². The van der Waals surface area contributed by atoms with Gasteiger partial charge >= 0.3 is 0 Å². The van der Waals surface area contributed by atoms with Crippen molar-refractivity contribution in [2.24, 2.45) is 10.9 Å². The maximum Gasteiger partial charge on any atom is 0.251 e. The average molecular weight is 460 g/mol. The Hall–Kier alpha value is -4.04. The predicted molar refractivity (Wildman–Crippen MR) is 131 cm³/mol. The van der Waals surface area contributed by atoms with Crippen LogP contribution in [0.3, 0.4) is 0 Å². The molecule has 8 heteroatoms. The topological polar surface area (TPSA) is 80.2 Å². The van der Waals surface area contributed by atoms with Crippen molar-refractivity contribution in [3.05, 3.63) is 78.4 Å². The number of methoxy groups -OCH3 is 1. The van der Waals surface area contributed by atoms with E-state index in [9.17, 15) is 9.59 Å². The molecule has 1 N–H and O–H groups in total. The zero-order chi connectivity index (χ0) is 23.4. The number of hydrogen-bond donors (Lipinski definition) is 1. The summed E-state index contributed by atoms with van der Waals surface area (Å²) in [7, 11) is 1.61. The monoisotopic (exact) mass is 459 g/mol. The lowest BCUT2D eigenvalue weighted by molar-refractivity contribution is -0.130. The van der Waals surface area contributed by atoms with Gasteiger partial charge in [0.1, 0.15) is 17.2 Å². The van der Waals surface area contributed by atoms with E-state index >= 15 is 0 Å². The van der Waals surface area contributed by atoms with Crippen molar-refractivity contribution in [3.8, 4) is 17.2 Å². The van der Waals surface area contributed by atoms with Crippen molar-refractivity contribution in [2.75, 3.05) is 12.0 Å². The number of carbonyl (C=O) groups is 2. The van der Waals surface area contributed by atoms with E-state index in [1.54, 1.807) is 43.5 Å². The van der Waals surface area contributed by atoms with Gasteiger partial charge in [-0.3, -0.25) is 19.5 Å². The highest BCUT2D eigenvalue weighted by Crippen LogP contribution is 2.26. The first-order chi connectivity index (χ1) is 15.9. The van der Waals surface area contributed by atoms with E-state index in [1.807, 2.05) is 43.3 Å². The van der Waals surface area contributed by atoms with Crippen LogP contribution in [-0.4, -0.2) is 30.3 Å². The van der Waals surface area contributed by atoms with Gasteiger partial charge in [0, 0.05) is 6.21 Å². The molecule has 0 aliphatic carbocycles. The predicted octanol–water partition coefficient (Wildman–Crippen LogP) is 4.56. The Balaban J connectivity index is 1.46. The average Bonchev–Trinajstić information content (AvgIpc) is 2.81. The van der Waals surface area contributed by atoms with Crippen molar-refractivity contribution in [1.29, 1.82) is 0 Å². The number of benzene rings is 3. The van der Waals surface area contributed by atoms with Gasteiger partial charge in [-0.05, 0) is 79.8 Å². The molecule has 0 spiro atoms. The second kappa shape index (κ2) is 9.62. The molecule has 0 bridgehead atoms. The van der Waals surface area contributed by atoms with Crippen LogP contribution in [0.2, 0.25) is 0 Å². The highest BCUT2D eigenvalue weighted by Gasteiger charge is 2.38. The molecule has 2 amide bonds. The third-order valence-electron chi connectivity index (χ3n) is 5.00. The van der Waals surface area contributed by atoms with Crippen molar-refractivity contribution in [3.63, 3.8) is 0 Å². The summed E-state index contributed by atoms with van der Waals surface area (Å²) in [6.07, 6.45) is 1.33. The molecule has 0 radical (unpaired) electrons. The van der Waals surface area contributed by atoms with Crippen LogP contribution in [0.25, 0.3) is 0 Å². The van der Waals surface area contributed by atoms with Crippen LogP contribution in [0.1, 0.15) is 5.56 Å². The smallest absolute Gasteiger partial charge is 0.251 e. The Bertz CT molecular complexity index is 1210. The van der Waals surface area contributed by atoms with Crippen LogP contribution in [0, 0.1) is 12.8 Å². The molecular weight excluding hydrogens is 438 g/mol. The largest absolute Gasteiger partial charge is 0.497 e. The van der Waals surface area contributed by atoms with Crippen LogP contribution in [0.4, 0.5) is 11.4 Å². The number of hydrogen-bond acceptors (Lipinski definition) is 6. The number of carbonyl (C=O) groups excluding carboxylic acids is 2. The van der Waals surface area contributed by atoms with E-state index in [4.69, 9.17) is 21.7 Å². The highest BCUT2D eigenvalue weighted by atomic mass is 32.1. The SMILES string of the molecule is COc1ccc(Oc2ccc(N=C[C@H]3C(=O)NC(=S)N(c4ccc(C)cc4)C3=O)cc2)cc1. The zero-order valence-corrected chi connectivity index (χ0v) is 18.8. The van der Waals surface area contributed by atoms with Gasteiger partial charge in [-0.1, -0.05) is 17.7 Å². The Kier molecular flexibility index (Phi) is 6.46. The number of anilines is 1. The second-order valence-electron chi connectivity index (χ2n) is 7.33. The standard InChI is InChI=1S/C25H21N3O4S/c1-16-3-7-18(8-4-16)28-24(30)22(23(29)27-25(28)33)15-26-17-5-9-20(10-6-17)32-21-13-11-19(31-2)12-14-21/h3-15,22H,1-2H3,(H,27,29,33)/t22-/m0/s1. The number of nitrogens with one attached hydrogen (secondary N) is 1.